The van der Waals surface area contributed by atoms with E-state index in [1.807, 2.05) is 7.05 Å². The number of carbonyl (C=O) groups is 2. The maximum absolute atomic E-state index is 12.8. The van der Waals surface area contributed by atoms with E-state index in [1.54, 1.807) is 18.2 Å². The number of halogens is 2. The molecule has 2 amide bonds. The van der Waals surface area contributed by atoms with E-state index in [0.717, 1.165) is 24.8 Å². The van der Waals surface area contributed by atoms with Crippen LogP contribution in [0, 0.1) is 0 Å². The molecule has 1 aliphatic heterocycles. The number of methoxy groups -OCH3 is 1. The van der Waals surface area contributed by atoms with E-state index < -0.39 is 0 Å². The summed E-state index contributed by atoms with van der Waals surface area (Å²) in [6.45, 7) is 3.27. The van der Waals surface area contributed by atoms with Crippen LogP contribution >= 0.6 is 23.2 Å². The van der Waals surface area contributed by atoms with Crippen molar-refractivity contribution < 1.29 is 18.8 Å². The lowest BCUT2D eigenvalue weighted by atomic mass is 9.88. The van der Waals surface area contributed by atoms with Crippen molar-refractivity contribution in [3.8, 4) is 0 Å². The fourth-order valence-electron chi connectivity index (χ4n) is 5.05. The zero-order valence-corrected chi connectivity index (χ0v) is 20.1. The first kappa shape index (κ1) is 24.3. The summed E-state index contributed by atoms with van der Waals surface area (Å²) >= 11 is 12.0. The van der Waals surface area contributed by atoms with Gasteiger partial charge in [-0.1, -0.05) is 29.3 Å². The Morgan fingerprint density at radius 2 is 1.90 bits per heavy atom. The van der Waals surface area contributed by atoms with Crippen LogP contribution < -0.4 is 5.32 Å². The Bertz CT molecular complexity index is 785. The number of benzene rings is 1. The Kier molecular flexibility index (Phi) is 8.62. The van der Waals surface area contributed by atoms with Crippen molar-refractivity contribution in [1.82, 2.24) is 10.2 Å². The lowest BCUT2D eigenvalue weighted by Gasteiger charge is -2.43. The number of likely N-dealkylation sites (N-methyl/N-ethyl adjacent to an activating group) is 1. The van der Waals surface area contributed by atoms with Gasteiger partial charge in [0.05, 0.1) is 37.2 Å². The van der Waals surface area contributed by atoms with Crippen LogP contribution in [0.1, 0.15) is 44.1 Å². The maximum atomic E-state index is 12.8. The van der Waals surface area contributed by atoms with Gasteiger partial charge in [-0.05, 0) is 56.5 Å². The summed E-state index contributed by atoms with van der Waals surface area (Å²) in [7, 11) is 3.40. The molecule has 1 N–H and O–H groups in total. The summed E-state index contributed by atoms with van der Waals surface area (Å²) in [6.07, 6.45) is 6.88. The molecule has 0 bridgehead atoms. The summed E-state index contributed by atoms with van der Waals surface area (Å²) in [5.41, 5.74) is 0.804. The highest BCUT2D eigenvalue weighted by Crippen LogP contribution is 2.32. The molecule has 3 unspecified atom stereocenters. The number of amides is 2. The molecule has 0 aromatic heterocycles. The van der Waals surface area contributed by atoms with E-state index in [9.17, 15) is 9.59 Å². The molecule has 1 aromatic rings. The molecule has 2 fully saturated rings. The Labute approximate surface area is 195 Å². The average Bonchev–Trinajstić information content (AvgIpc) is 3.30. The molecule has 0 spiro atoms. The number of rotatable bonds is 7. The molecule has 8 heteroatoms. The molecule has 31 heavy (non-hydrogen) atoms. The highest BCUT2D eigenvalue weighted by atomic mass is 35.5. The number of ether oxygens (including phenoxy) is 1. The fraction of sp³-hybridized carbons (Fsp3) is 0.652. The molecule has 1 aliphatic carbocycles. The Morgan fingerprint density at radius 1 is 1.16 bits per heavy atom. The van der Waals surface area contributed by atoms with E-state index in [0.29, 0.717) is 29.2 Å². The van der Waals surface area contributed by atoms with Gasteiger partial charge in [-0.2, -0.15) is 4.79 Å². The van der Waals surface area contributed by atoms with Crippen LogP contribution in [0.25, 0.3) is 0 Å². The van der Waals surface area contributed by atoms with Crippen LogP contribution in [0.2, 0.25) is 10.0 Å². The Morgan fingerprint density at radius 3 is 2.58 bits per heavy atom. The molecule has 2 aliphatic rings. The lowest BCUT2D eigenvalue weighted by molar-refractivity contribution is -0.864. The van der Waals surface area contributed by atoms with Gasteiger partial charge in [0.15, 0.2) is 0 Å². The summed E-state index contributed by atoms with van der Waals surface area (Å²) in [6, 6.07) is 5.95. The third-order valence-corrected chi connectivity index (χ3v) is 7.66. The molecule has 0 radical (unpaired) electrons. The molecule has 3 rings (SSSR count). The third kappa shape index (κ3) is 6.13. The number of nitrogens with zero attached hydrogens (tertiary/aromatic N) is 2. The van der Waals surface area contributed by atoms with Crippen molar-refractivity contribution in [1.29, 1.82) is 0 Å². The minimum Gasteiger partial charge on any atom is -0.423 e. The van der Waals surface area contributed by atoms with Crippen LogP contribution in [0.15, 0.2) is 18.2 Å². The number of quaternary nitrogens is 1. The SMILES string of the molecule is COC(=O)[N+](C)(CCNC(=O)Cc1ccc(Cl)c(Cl)c1)C1CCCC(N2CCCC2)C1. The van der Waals surface area contributed by atoms with Crippen molar-refractivity contribution in [3.05, 3.63) is 33.8 Å². The fourth-order valence-corrected chi connectivity index (χ4v) is 5.37. The minimum atomic E-state index is -0.231. The van der Waals surface area contributed by atoms with Gasteiger partial charge in [0.2, 0.25) is 5.91 Å². The highest BCUT2D eigenvalue weighted by molar-refractivity contribution is 6.42. The van der Waals surface area contributed by atoms with Gasteiger partial charge < -0.3 is 15.0 Å². The normalized spacial score (nSPS) is 23.9. The van der Waals surface area contributed by atoms with Crippen LogP contribution in [-0.4, -0.2) is 73.8 Å². The maximum Gasteiger partial charge on any atom is 0.515 e. The van der Waals surface area contributed by atoms with Crippen LogP contribution in [0.5, 0.6) is 0 Å². The van der Waals surface area contributed by atoms with Gasteiger partial charge in [0.1, 0.15) is 12.6 Å². The average molecular weight is 471 g/mol. The monoisotopic (exact) mass is 470 g/mol. The van der Waals surface area contributed by atoms with Gasteiger partial charge in [-0.15, -0.1) is 0 Å². The van der Waals surface area contributed by atoms with E-state index in [2.05, 4.69) is 10.2 Å². The van der Waals surface area contributed by atoms with Gasteiger partial charge in [-0.25, -0.2) is 4.48 Å². The van der Waals surface area contributed by atoms with E-state index in [-0.39, 0.29) is 28.9 Å². The Hall–Kier alpha value is -1.34. The Balaban J connectivity index is 1.57. The summed E-state index contributed by atoms with van der Waals surface area (Å²) in [4.78, 5) is 27.8. The molecule has 3 atom stereocenters. The van der Waals surface area contributed by atoms with Gasteiger partial charge >= 0.3 is 6.09 Å². The second kappa shape index (κ2) is 11.0. The second-order valence-corrected chi connectivity index (χ2v) is 9.77. The quantitative estimate of drug-likeness (QED) is 0.604. The number of nitrogens with one attached hydrogen (secondary N) is 1. The summed E-state index contributed by atoms with van der Waals surface area (Å²) in [5.74, 6) is -0.103. The summed E-state index contributed by atoms with van der Waals surface area (Å²) < 4.78 is 5.39. The van der Waals surface area contributed by atoms with E-state index in [1.165, 1.54) is 39.5 Å². The first-order valence-electron chi connectivity index (χ1n) is 11.2. The predicted octanol–water partition coefficient (Wildman–Crippen LogP) is 4.27. The molecule has 6 nitrogen and oxygen atoms in total. The second-order valence-electron chi connectivity index (χ2n) is 8.95. The largest absolute Gasteiger partial charge is 0.515 e. The van der Waals surface area contributed by atoms with Crippen LogP contribution in [-0.2, 0) is 16.0 Å². The van der Waals surface area contributed by atoms with Crippen LogP contribution in [0.4, 0.5) is 4.79 Å². The summed E-state index contributed by atoms with van der Waals surface area (Å²) in [5, 5.41) is 3.86. The van der Waals surface area contributed by atoms with E-state index in [4.69, 9.17) is 27.9 Å². The number of carbonyl (C=O) groups excluding carboxylic acids is 2. The zero-order chi connectivity index (χ0) is 22.4. The van der Waals surface area contributed by atoms with Gasteiger partial charge in [-0.3, -0.25) is 4.79 Å². The molecular weight excluding hydrogens is 437 g/mol. The van der Waals surface area contributed by atoms with Crippen molar-refractivity contribution in [2.24, 2.45) is 0 Å². The molecular formula is C23H34Cl2N3O3+. The van der Waals surface area contributed by atoms with Gasteiger partial charge in [0, 0.05) is 18.9 Å². The van der Waals surface area contributed by atoms with Crippen molar-refractivity contribution in [2.75, 3.05) is 40.3 Å². The standard InChI is InChI=1S/C23H33Cl2N3O3/c1-28(23(30)31-2,19-7-5-6-18(16-19)27-11-3-4-12-27)13-10-26-22(29)15-17-8-9-20(24)21(25)14-17/h8-9,14,18-19H,3-7,10-13,15-16H2,1-2H3/p+1. The van der Waals surface area contributed by atoms with Crippen molar-refractivity contribution in [2.45, 2.75) is 57.0 Å². The lowest BCUT2D eigenvalue weighted by Crippen LogP contribution is -2.61. The first-order valence-corrected chi connectivity index (χ1v) is 12.0. The first-order chi connectivity index (χ1) is 14.8. The number of hydrogen-bond acceptors (Lipinski definition) is 4. The van der Waals surface area contributed by atoms with Crippen LogP contribution in [0.3, 0.4) is 0 Å². The zero-order valence-electron chi connectivity index (χ0n) is 18.5. The predicted molar refractivity (Wildman–Crippen MR) is 123 cm³/mol. The van der Waals surface area contributed by atoms with E-state index >= 15 is 0 Å². The smallest absolute Gasteiger partial charge is 0.423 e. The molecule has 172 valence electrons. The third-order valence-electron chi connectivity index (χ3n) is 6.92. The van der Waals surface area contributed by atoms with Gasteiger partial charge in [0.25, 0.3) is 0 Å². The molecule has 1 aromatic carbocycles. The van der Waals surface area contributed by atoms with Crippen molar-refractivity contribution in [3.63, 3.8) is 0 Å². The molecule has 1 saturated carbocycles. The van der Waals surface area contributed by atoms with Crippen molar-refractivity contribution >= 4 is 35.2 Å². The minimum absolute atomic E-state index is 0.103. The molecule has 1 heterocycles. The molecule has 1 saturated heterocycles. The highest BCUT2D eigenvalue weighted by Gasteiger charge is 2.44. The number of hydrogen-bond donors (Lipinski definition) is 1. The topological polar surface area (TPSA) is 58.6 Å². The number of likely N-dealkylation sites (tertiary alicyclic amines) is 1.